The highest BCUT2D eigenvalue weighted by Gasteiger charge is 2.18. The summed E-state index contributed by atoms with van der Waals surface area (Å²) in [5.74, 6) is 0.857. The van der Waals surface area contributed by atoms with Gasteiger partial charge in [-0.15, -0.1) is 0 Å². The minimum atomic E-state index is -0.449. The molecule has 0 saturated heterocycles. The summed E-state index contributed by atoms with van der Waals surface area (Å²) in [6.45, 7) is 1.03. The first-order valence-electron chi connectivity index (χ1n) is 7.18. The summed E-state index contributed by atoms with van der Waals surface area (Å²) >= 11 is 0. The molecule has 0 saturated carbocycles. The first-order valence-corrected chi connectivity index (χ1v) is 7.18. The van der Waals surface area contributed by atoms with Crippen molar-refractivity contribution < 1.29 is 9.18 Å². The van der Waals surface area contributed by atoms with E-state index in [1.54, 1.807) is 18.6 Å². The highest BCUT2D eigenvalue weighted by atomic mass is 19.1. The van der Waals surface area contributed by atoms with Crippen LogP contribution in [0.5, 0.6) is 0 Å². The van der Waals surface area contributed by atoms with Gasteiger partial charge in [0.25, 0.3) is 5.91 Å². The summed E-state index contributed by atoms with van der Waals surface area (Å²) in [6.07, 6.45) is 8.17. The molecule has 0 bridgehead atoms. The van der Waals surface area contributed by atoms with Crippen LogP contribution in [0, 0.1) is 0 Å². The summed E-state index contributed by atoms with van der Waals surface area (Å²) in [6, 6.07) is 0. The zero-order valence-electron chi connectivity index (χ0n) is 11.8. The molecule has 2 aromatic rings. The van der Waals surface area contributed by atoms with Crippen LogP contribution in [0.25, 0.3) is 0 Å². The van der Waals surface area contributed by atoms with E-state index >= 15 is 0 Å². The van der Waals surface area contributed by atoms with Crippen LogP contribution in [0.3, 0.4) is 0 Å². The number of halogens is 1. The van der Waals surface area contributed by atoms with Gasteiger partial charge in [-0.25, -0.2) is 9.37 Å². The molecule has 3 rings (SSSR count). The van der Waals surface area contributed by atoms with Crippen LogP contribution in [-0.4, -0.2) is 31.9 Å². The Morgan fingerprint density at radius 2 is 2.29 bits per heavy atom. The number of imidazole rings is 1. The molecule has 1 aliphatic heterocycles. The maximum absolute atomic E-state index is 12.2. The van der Waals surface area contributed by atoms with Crippen LogP contribution in [0.1, 0.15) is 34.7 Å². The SMILES string of the molecule is O=C(NCc1cnn(CCF)c1)c1cnc2n1CCCC2. The molecule has 0 fully saturated rings. The number of hydrogen-bond acceptors (Lipinski definition) is 3. The number of nitrogens with zero attached hydrogens (tertiary/aromatic N) is 4. The molecule has 0 aromatic carbocycles. The molecule has 21 heavy (non-hydrogen) atoms. The molecule has 1 N–H and O–H groups in total. The van der Waals surface area contributed by atoms with E-state index in [1.165, 1.54) is 4.68 Å². The summed E-state index contributed by atoms with van der Waals surface area (Å²) in [4.78, 5) is 16.5. The second-order valence-electron chi connectivity index (χ2n) is 5.15. The van der Waals surface area contributed by atoms with E-state index in [9.17, 15) is 9.18 Å². The Bertz CT molecular complexity index is 633. The molecule has 0 unspecified atom stereocenters. The van der Waals surface area contributed by atoms with Gasteiger partial charge in [0.1, 0.15) is 18.2 Å². The smallest absolute Gasteiger partial charge is 0.269 e. The molecule has 0 atom stereocenters. The predicted molar refractivity (Wildman–Crippen MR) is 74.5 cm³/mol. The van der Waals surface area contributed by atoms with Crippen LogP contribution in [0.15, 0.2) is 18.6 Å². The van der Waals surface area contributed by atoms with E-state index < -0.39 is 6.67 Å². The van der Waals surface area contributed by atoms with Crippen LogP contribution in [-0.2, 0) is 26.1 Å². The quantitative estimate of drug-likeness (QED) is 0.903. The van der Waals surface area contributed by atoms with E-state index in [4.69, 9.17) is 0 Å². The highest BCUT2D eigenvalue weighted by molar-refractivity contribution is 5.92. The van der Waals surface area contributed by atoms with Gasteiger partial charge in [0, 0.05) is 31.3 Å². The molecule has 0 radical (unpaired) electrons. The van der Waals surface area contributed by atoms with Crippen molar-refractivity contribution in [2.45, 2.75) is 38.9 Å². The number of nitrogens with one attached hydrogen (secondary N) is 1. The topological polar surface area (TPSA) is 64.7 Å². The molecular formula is C14H18FN5O. The van der Waals surface area contributed by atoms with Gasteiger partial charge in [-0.3, -0.25) is 9.48 Å². The molecular weight excluding hydrogens is 273 g/mol. The third-order valence-corrected chi connectivity index (χ3v) is 3.66. The molecule has 0 spiro atoms. The Kier molecular flexibility index (Phi) is 3.98. The minimum Gasteiger partial charge on any atom is -0.347 e. The fourth-order valence-corrected chi connectivity index (χ4v) is 2.58. The van der Waals surface area contributed by atoms with Crippen molar-refractivity contribution in [2.75, 3.05) is 6.67 Å². The van der Waals surface area contributed by atoms with Crippen LogP contribution in [0.2, 0.25) is 0 Å². The lowest BCUT2D eigenvalue weighted by molar-refractivity contribution is 0.0940. The average molecular weight is 291 g/mol. The van der Waals surface area contributed by atoms with Crippen molar-refractivity contribution in [1.29, 1.82) is 0 Å². The molecule has 6 nitrogen and oxygen atoms in total. The normalized spacial score (nSPS) is 14.0. The van der Waals surface area contributed by atoms with Gasteiger partial charge in [0.05, 0.1) is 18.9 Å². The van der Waals surface area contributed by atoms with E-state index in [2.05, 4.69) is 15.4 Å². The van der Waals surface area contributed by atoms with Gasteiger partial charge >= 0.3 is 0 Å². The molecule has 1 amide bonds. The Balaban J connectivity index is 1.62. The number of aryl methyl sites for hydroxylation is 2. The maximum atomic E-state index is 12.2. The van der Waals surface area contributed by atoms with Crippen molar-refractivity contribution in [3.63, 3.8) is 0 Å². The van der Waals surface area contributed by atoms with Crippen molar-refractivity contribution in [3.05, 3.63) is 35.7 Å². The summed E-state index contributed by atoms with van der Waals surface area (Å²) in [7, 11) is 0. The van der Waals surface area contributed by atoms with Gasteiger partial charge in [0.15, 0.2) is 0 Å². The number of rotatable bonds is 5. The molecule has 2 aromatic heterocycles. The van der Waals surface area contributed by atoms with Crippen molar-refractivity contribution in [2.24, 2.45) is 0 Å². The van der Waals surface area contributed by atoms with Gasteiger partial charge in [-0.05, 0) is 12.8 Å². The second kappa shape index (κ2) is 6.07. The fourth-order valence-electron chi connectivity index (χ4n) is 2.58. The van der Waals surface area contributed by atoms with Gasteiger partial charge in [-0.1, -0.05) is 0 Å². The lowest BCUT2D eigenvalue weighted by atomic mass is 10.1. The number of amides is 1. The van der Waals surface area contributed by atoms with Crippen molar-refractivity contribution in [1.82, 2.24) is 24.6 Å². The Hall–Kier alpha value is -2.18. The first-order chi connectivity index (χ1) is 10.3. The standard InChI is InChI=1S/C14H18FN5O/c15-4-6-19-10-11(8-18-19)7-17-14(21)12-9-16-13-3-1-2-5-20(12)13/h8-10H,1-7H2,(H,17,21). The minimum absolute atomic E-state index is 0.131. The molecule has 7 heteroatoms. The summed E-state index contributed by atoms with van der Waals surface area (Å²) in [5, 5.41) is 6.88. The third-order valence-electron chi connectivity index (χ3n) is 3.66. The fraction of sp³-hybridized carbons (Fsp3) is 0.500. The van der Waals surface area contributed by atoms with E-state index in [1.807, 2.05) is 4.57 Å². The third kappa shape index (κ3) is 2.96. The van der Waals surface area contributed by atoms with Crippen molar-refractivity contribution >= 4 is 5.91 Å². The Morgan fingerprint density at radius 3 is 3.14 bits per heavy atom. The lowest BCUT2D eigenvalue weighted by Gasteiger charge is -2.15. The van der Waals surface area contributed by atoms with Gasteiger partial charge in [0.2, 0.25) is 0 Å². The number of fused-ring (bicyclic) bond motifs is 1. The van der Waals surface area contributed by atoms with E-state index in [-0.39, 0.29) is 12.5 Å². The zero-order valence-corrected chi connectivity index (χ0v) is 11.8. The summed E-state index contributed by atoms with van der Waals surface area (Å²) in [5.41, 5.74) is 1.47. The van der Waals surface area contributed by atoms with Crippen LogP contribution >= 0.6 is 0 Å². The number of carbonyl (C=O) groups excluding carboxylic acids is 1. The first kappa shape index (κ1) is 13.8. The molecule has 112 valence electrons. The Labute approximate surface area is 122 Å². The Morgan fingerprint density at radius 1 is 1.38 bits per heavy atom. The van der Waals surface area contributed by atoms with E-state index in [0.717, 1.165) is 37.2 Å². The van der Waals surface area contributed by atoms with Gasteiger partial charge in [-0.2, -0.15) is 5.10 Å². The number of hydrogen-bond donors (Lipinski definition) is 1. The second-order valence-corrected chi connectivity index (χ2v) is 5.15. The van der Waals surface area contributed by atoms with Crippen LogP contribution < -0.4 is 5.32 Å². The number of alkyl halides is 1. The number of carbonyl (C=O) groups is 1. The van der Waals surface area contributed by atoms with E-state index in [0.29, 0.717) is 12.2 Å². The average Bonchev–Trinajstić information content (AvgIpc) is 3.12. The highest BCUT2D eigenvalue weighted by Crippen LogP contribution is 2.16. The summed E-state index contributed by atoms with van der Waals surface area (Å²) < 4.78 is 15.7. The predicted octanol–water partition coefficient (Wildman–Crippen LogP) is 1.32. The monoisotopic (exact) mass is 291 g/mol. The molecule has 0 aliphatic carbocycles. The lowest BCUT2D eigenvalue weighted by Crippen LogP contribution is -2.26. The van der Waals surface area contributed by atoms with Crippen LogP contribution in [0.4, 0.5) is 4.39 Å². The largest absolute Gasteiger partial charge is 0.347 e. The van der Waals surface area contributed by atoms with Crippen molar-refractivity contribution in [3.8, 4) is 0 Å². The van der Waals surface area contributed by atoms with Gasteiger partial charge < -0.3 is 9.88 Å². The molecule has 3 heterocycles. The maximum Gasteiger partial charge on any atom is 0.269 e. The molecule has 1 aliphatic rings. The number of aromatic nitrogens is 4. The zero-order chi connectivity index (χ0) is 14.7.